The predicted octanol–water partition coefficient (Wildman–Crippen LogP) is 3.81. The Morgan fingerprint density at radius 2 is 2.00 bits per heavy atom. The fraction of sp³-hybridized carbons (Fsp3) is 0. The molecule has 0 amide bonds. The van der Waals surface area contributed by atoms with Crippen LogP contribution >= 0.6 is 22.6 Å². The molecule has 0 saturated heterocycles. The van der Waals surface area contributed by atoms with Crippen molar-refractivity contribution < 1.29 is 18.7 Å². The number of carboxylic acid groups (broad SMARTS) is 1. The summed E-state index contributed by atoms with van der Waals surface area (Å²) in [6.07, 6.45) is 0. The lowest BCUT2D eigenvalue weighted by Crippen LogP contribution is -1.99. The van der Waals surface area contributed by atoms with Gasteiger partial charge in [-0.25, -0.2) is 18.6 Å². The van der Waals surface area contributed by atoms with Gasteiger partial charge in [0, 0.05) is 15.2 Å². The van der Waals surface area contributed by atoms with E-state index in [2.05, 4.69) is 9.97 Å². The molecular formula is C14H7F2IN2O2. The first-order valence-corrected chi connectivity index (χ1v) is 6.91. The van der Waals surface area contributed by atoms with Gasteiger partial charge in [-0.15, -0.1) is 0 Å². The van der Waals surface area contributed by atoms with Gasteiger partial charge < -0.3 is 10.1 Å². The highest BCUT2D eigenvalue weighted by Crippen LogP contribution is 2.27. The van der Waals surface area contributed by atoms with Crippen LogP contribution < -0.4 is 0 Å². The normalized spacial score (nSPS) is 11.0. The average Bonchev–Trinajstić information content (AvgIpc) is 2.79. The highest BCUT2D eigenvalue weighted by molar-refractivity contribution is 14.1. The summed E-state index contributed by atoms with van der Waals surface area (Å²) in [4.78, 5) is 18.1. The van der Waals surface area contributed by atoms with E-state index in [4.69, 9.17) is 5.11 Å². The second-order valence-corrected chi connectivity index (χ2v) is 5.53. The highest BCUT2D eigenvalue weighted by Gasteiger charge is 2.15. The summed E-state index contributed by atoms with van der Waals surface area (Å²) in [6.45, 7) is 0. The molecule has 3 aromatic rings. The molecule has 1 heterocycles. The minimum absolute atomic E-state index is 0.337. The molecular weight excluding hydrogens is 393 g/mol. The molecule has 0 spiro atoms. The number of halogens is 3. The summed E-state index contributed by atoms with van der Waals surface area (Å²) < 4.78 is 27.4. The molecule has 1 aromatic heterocycles. The molecule has 0 fully saturated rings. The third-order valence-electron chi connectivity index (χ3n) is 2.99. The minimum Gasteiger partial charge on any atom is -0.478 e. The Hall–Kier alpha value is -2.03. The van der Waals surface area contributed by atoms with E-state index in [9.17, 15) is 13.6 Å². The van der Waals surface area contributed by atoms with Crippen molar-refractivity contribution >= 4 is 39.6 Å². The largest absolute Gasteiger partial charge is 0.478 e. The van der Waals surface area contributed by atoms with Crippen LogP contribution in [0.5, 0.6) is 0 Å². The van der Waals surface area contributed by atoms with Gasteiger partial charge in [-0.3, -0.25) is 0 Å². The zero-order valence-electron chi connectivity index (χ0n) is 10.3. The van der Waals surface area contributed by atoms with Crippen molar-refractivity contribution in [2.75, 3.05) is 0 Å². The van der Waals surface area contributed by atoms with E-state index in [-0.39, 0.29) is 5.82 Å². The maximum absolute atomic E-state index is 13.6. The van der Waals surface area contributed by atoms with Crippen LogP contribution in [0.3, 0.4) is 0 Å². The number of fused-ring (bicyclic) bond motifs is 1. The van der Waals surface area contributed by atoms with Crippen molar-refractivity contribution in [3.8, 4) is 11.4 Å². The molecule has 0 saturated carbocycles. The van der Waals surface area contributed by atoms with Crippen LogP contribution in [0.15, 0.2) is 30.3 Å². The summed E-state index contributed by atoms with van der Waals surface area (Å²) in [5.74, 6) is -2.12. The maximum Gasteiger partial charge on any atom is 0.338 e. The van der Waals surface area contributed by atoms with E-state index >= 15 is 0 Å². The standard InChI is InChI=1S/C14H7F2IN2O2/c15-6-1-2-7(10(17)3-6)13-18-11-4-8(14(20)21)9(16)5-12(11)19-13/h1-5H,(H,18,19)(H,20,21). The lowest BCUT2D eigenvalue weighted by molar-refractivity contribution is 0.0692. The number of aromatic amines is 1. The van der Waals surface area contributed by atoms with Gasteiger partial charge in [0.15, 0.2) is 0 Å². The van der Waals surface area contributed by atoms with Crippen LogP contribution in [0.1, 0.15) is 10.4 Å². The molecule has 0 radical (unpaired) electrons. The van der Waals surface area contributed by atoms with Crippen molar-refractivity contribution in [2.45, 2.75) is 0 Å². The Balaban J connectivity index is 2.19. The van der Waals surface area contributed by atoms with Crippen LogP contribution in [-0.2, 0) is 0 Å². The van der Waals surface area contributed by atoms with Gasteiger partial charge in [0.2, 0.25) is 0 Å². The summed E-state index contributed by atoms with van der Waals surface area (Å²) >= 11 is 1.97. The molecule has 7 heteroatoms. The van der Waals surface area contributed by atoms with Gasteiger partial charge in [-0.05, 0) is 46.9 Å². The molecule has 3 rings (SSSR count). The Morgan fingerprint density at radius 3 is 2.67 bits per heavy atom. The Labute approximate surface area is 131 Å². The lowest BCUT2D eigenvalue weighted by Gasteiger charge is -2.00. The fourth-order valence-electron chi connectivity index (χ4n) is 2.00. The number of hydrogen-bond acceptors (Lipinski definition) is 2. The van der Waals surface area contributed by atoms with Crippen molar-refractivity contribution in [1.82, 2.24) is 9.97 Å². The third-order valence-corrected chi connectivity index (χ3v) is 3.88. The van der Waals surface area contributed by atoms with Crippen molar-refractivity contribution in [1.29, 1.82) is 0 Å². The Kier molecular flexibility index (Phi) is 3.36. The Bertz CT molecular complexity index is 877. The maximum atomic E-state index is 13.6. The number of H-pyrrole nitrogens is 1. The van der Waals surface area contributed by atoms with Gasteiger partial charge >= 0.3 is 5.97 Å². The molecule has 0 atom stereocenters. The van der Waals surface area contributed by atoms with E-state index in [1.807, 2.05) is 22.6 Å². The van der Waals surface area contributed by atoms with Gasteiger partial charge in [-0.2, -0.15) is 0 Å². The molecule has 106 valence electrons. The molecule has 0 aliphatic rings. The van der Waals surface area contributed by atoms with Crippen molar-refractivity contribution in [3.63, 3.8) is 0 Å². The number of nitrogens with one attached hydrogen (secondary N) is 1. The van der Waals surface area contributed by atoms with Crippen LogP contribution in [-0.4, -0.2) is 21.0 Å². The highest BCUT2D eigenvalue weighted by atomic mass is 127. The zero-order valence-corrected chi connectivity index (χ0v) is 12.5. The molecule has 2 N–H and O–H groups in total. The Morgan fingerprint density at radius 1 is 1.24 bits per heavy atom. The first-order chi connectivity index (χ1) is 9.95. The summed E-state index contributed by atoms with van der Waals surface area (Å²) in [5, 5.41) is 8.90. The number of aromatic carboxylic acids is 1. The van der Waals surface area contributed by atoms with E-state index in [1.165, 1.54) is 18.2 Å². The van der Waals surface area contributed by atoms with E-state index < -0.39 is 17.3 Å². The molecule has 0 unspecified atom stereocenters. The number of carbonyl (C=O) groups is 1. The van der Waals surface area contributed by atoms with Gasteiger partial charge in [-0.1, -0.05) is 0 Å². The quantitative estimate of drug-likeness (QED) is 0.644. The predicted molar refractivity (Wildman–Crippen MR) is 81.1 cm³/mol. The molecule has 0 aliphatic carbocycles. The van der Waals surface area contributed by atoms with Crippen LogP contribution in [0.4, 0.5) is 8.78 Å². The average molecular weight is 400 g/mol. The van der Waals surface area contributed by atoms with E-state index in [0.717, 1.165) is 6.07 Å². The van der Waals surface area contributed by atoms with Crippen molar-refractivity contribution in [3.05, 3.63) is 51.1 Å². The zero-order chi connectivity index (χ0) is 15.1. The SMILES string of the molecule is O=C(O)c1cc2nc(-c3ccc(F)cc3I)[nH]c2cc1F. The second-order valence-electron chi connectivity index (χ2n) is 4.36. The van der Waals surface area contributed by atoms with E-state index in [1.54, 1.807) is 6.07 Å². The molecule has 0 bridgehead atoms. The summed E-state index contributed by atoms with van der Waals surface area (Å²) in [7, 11) is 0. The number of benzene rings is 2. The molecule has 4 nitrogen and oxygen atoms in total. The monoisotopic (exact) mass is 400 g/mol. The topological polar surface area (TPSA) is 66.0 Å². The van der Waals surface area contributed by atoms with Crippen LogP contribution in [0, 0.1) is 15.2 Å². The lowest BCUT2D eigenvalue weighted by atomic mass is 10.2. The van der Waals surface area contributed by atoms with Crippen molar-refractivity contribution in [2.24, 2.45) is 0 Å². The summed E-state index contributed by atoms with van der Waals surface area (Å²) in [5.41, 5.74) is 0.941. The first kappa shape index (κ1) is 13.9. The van der Waals surface area contributed by atoms with Crippen LogP contribution in [0.2, 0.25) is 0 Å². The molecule has 0 aliphatic heterocycles. The number of imidazole rings is 1. The number of nitrogens with zero attached hydrogens (tertiary/aromatic N) is 1. The number of rotatable bonds is 2. The molecule has 21 heavy (non-hydrogen) atoms. The number of hydrogen-bond donors (Lipinski definition) is 2. The van der Waals surface area contributed by atoms with Crippen LogP contribution in [0.25, 0.3) is 22.4 Å². The minimum atomic E-state index is -1.35. The number of carboxylic acids is 1. The van der Waals surface area contributed by atoms with Gasteiger partial charge in [0.05, 0.1) is 16.6 Å². The first-order valence-electron chi connectivity index (χ1n) is 5.83. The third kappa shape index (κ3) is 2.48. The second kappa shape index (κ2) is 5.06. The van der Waals surface area contributed by atoms with E-state index in [0.29, 0.717) is 26.0 Å². The van der Waals surface area contributed by atoms with Gasteiger partial charge in [0.1, 0.15) is 17.5 Å². The number of aromatic nitrogens is 2. The fourth-order valence-corrected chi connectivity index (χ4v) is 2.74. The summed E-state index contributed by atoms with van der Waals surface area (Å²) in [6, 6.07) is 6.47. The molecule has 2 aromatic carbocycles. The smallest absolute Gasteiger partial charge is 0.338 e. The van der Waals surface area contributed by atoms with Gasteiger partial charge in [0.25, 0.3) is 0 Å².